The maximum absolute atomic E-state index is 9.22. The Hall–Kier alpha value is 1.06. The van der Waals surface area contributed by atoms with E-state index in [4.69, 9.17) is 0 Å². The molecule has 0 fully saturated rings. The summed E-state index contributed by atoms with van der Waals surface area (Å²) in [7, 11) is -4.41. The maximum atomic E-state index is 9.22. The molecule has 0 spiro atoms. The Bertz CT molecular complexity index is 114. The Morgan fingerprint density at radius 1 is 1.50 bits per heavy atom. The molecule has 0 saturated heterocycles. The van der Waals surface area contributed by atoms with E-state index in [0.717, 1.165) is 20.8 Å². The van der Waals surface area contributed by atoms with Crippen molar-refractivity contribution < 1.29 is 59.1 Å². The third-order valence-electron chi connectivity index (χ3n) is 0.102. The van der Waals surface area contributed by atoms with Crippen LogP contribution in [-0.4, -0.2) is 13.0 Å². The molecule has 1 radical (unpaired) electrons. The standard InChI is InChI=1S/Fe.H2O4S.O.Ti/c;1-5(2,3)4;;/h;(H2,1,2,3,4);;/q+3;;-2;+1/p-2. The Morgan fingerprint density at radius 2 is 1.62 bits per heavy atom. The summed E-state index contributed by atoms with van der Waals surface area (Å²) in [4.78, 5) is 0. The molecular formula is FeO5STi. The fourth-order valence-electron chi connectivity index (χ4n) is 0. The van der Waals surface area contributed by atoms with Crippen molar-refractivity contribution in [1.82, 2.24) is 0 Å². The van der Waals surface area contributed by atoms with Gasteiger partial charge < -0.3 is 5.48 Å². The summed E-state index contributed by atoms with van der Waals surface area (Å²) in [6.07, 6.45) is 0. The molecule has 0 bridgehead atoms. The minimum Gasteiger partial charge on any atom is -2.00 e. The first-order valence-corrected chi connectivity index (χ1v) is 2.84. The first-order chi connectivity index (χ1) is 2.56. The molecule has 0 amide bonds. The largest absolute Gasteiger partial charge is 3.00 e. The summed E-state index contributed by atoms with van der Waals surface area (Å²) < 4.78 is 31.0. The zero-order chi connectivity index (χ0) is 5.21. The summed E-state index contributed by atoms with van der Waals surface area (Å²) in [6.45, 7) is 0. The molecule has 0 N–H and O–H groups in total. The molecule has 48 valence electrons. The van der Waals surface area contributed by atoms with Gasteiger partial charge in [0.2, 0.25) is 0 Å². The molecule has 0 rings (SSSR count). The Balaban J connectivity index is -0.000000125. The van der Waals surface area contributed by atoms with Crippen LogP contribution in [0, 0.1) is 0 Å². The second kappa shape index (κ2) is 6.19. The van der Waals surface area contributed by atoms with Crippen molar-refractivity contribution in [3.63, 3.8) is 0 Å². The maximum Gasteiger partial charge on any atom is 3.00 e. The zero-order valence-corrected chi connectivity index (χ0v) is 6.79. The van der Waals surface area contributed by atoms with Crippen molar-refractivity contribution in [2.75, 3.05) is 0 Å². The molecule has 8 heavy (non-hydrogen) atoms. The fourth-order valence-corrected chi connectivity index (χ4v) is 0. The Labute approximate surface area is 69.4 Å². The SMILES string of the molecule is O=S(=O)([O-])[O][Ti].[Fe+3].[O-2]. The van der Waals surface area contributed by atoms with Crippen LogP contribution in [0.3, 0.4) is 0 Å². The predicted octanol–water partition coefficient (Wildman–Crippen LogP) is -1.20. The van der Waals surface area contributed by atoms with Crippen LogP contribution in [0.4, 0.5) is 0 Å². The molecule has 0 aliphatic heterocycles. The minimum absolute atomic E-state index is 0. The van der Waals surface area contributed by atoms with Gasteiger partial charge in [-0.05, 0) is 0 Å². The van der Waals surface area contributed by atoms with E-state index >= 15 is 0 Å². The van der Waals surface area contributed by atoms with Gasteiger partial charge in [0, 0.05) is 0 Å². The first-order valence-electron chi connectivity index (χ1n) is 0.871. The van der Waals surface area contributed by atoms with Crippen LogP contribution in [0.5, 0.6) is 0 Å². The van der Waals surface area contributed by atoms with Crippen LogP contribution in [0.15, 0.2) is 0 Å². The van der Waals surface area contributed by atoms with E-state index in [1.54, 1.807) is 0 Å². The first kappa shape index (κ1) is 16.0. The molecule has 0 atom stereocenters. The topological polar surface area (TPSA) is 94.9 Å². The van der Waals surface area contributed by atoms with Crippen LogP contribution < -0.4 is 0 Å². The van der Waals surface area contributed by atoms with Crippen molar-refractivity contribution in [2.24, 2.45) is 0 Å². The van der Waals surface area contributed by atoms with E-state index < -0.39 is 10.4 Å². The molecular weight excluding hydrogens is 216 g/mol. The van der Waals surface area contributed by atoms with Crippen molar-refractivity contribution in [1.29, 1.82) is 0 Å². The second-order valence-corrected chi connectivity index (χ2v) is 2.26. The zero-order valence-electron chi connectivity index (χ0n) is 3.30. The second-order valence-electron chi connectivity index (χ2n) is 0.492. The van der Waals surface area contributed by atoms with Gasteiger partial charge in [-0.15, -0.1) is 0 Å². The summed E-state index contributed by atoms with van der Waals surface area (Å²) >= 11 is 0.808. The molecule has 0 aromatic heterocycles. The van der Waals surface area contributed by atoms with Gasteiger partial charge in [-0.25, -0.2) is 0 Å². The van der Waals surface area contributed by atoms with Crippen molar-refractivity contribution >= 4 is 10.4 Å². The van der Waals surface area contributed by atoms with Crippen LogP contribution in [-0.2, 0) is 56.5 Å². The van der Waals surface area contributed by atoms with E-state index in [9.17, 15) is 13.0 Å². The van der Waals surface area contributed by atoms with Gasteiger partial charge in [-0.1, -0.05) is 0 Å². The van der Waals surface area contributed by atoms with E-state index in [1.807, 2.05) is 0 Å². The number of hydrogen-bond acceptors (Lipinski definition) is 4. The summed E-state index contributed by atoms with van der Waals surface area (Å²) in [6, 6.07) is 0. The molecule has 0 heterocycles. The quantitative estimate of drug-likeness (QED) is 0.312. The van der Waals surface area contributed by atoms with E-state index in [-0.39, 0.29) is 22.5 Å². The van der Waals surface area contributed by atoms with E-state index in [0.29, 0.717) is 0 Å². The summed E-state index contributed by atoms with van der Waals surface area (Å²) in [5.74, 6) is 0. The molecule has 0 aliphatic rings. The van der Waals surface area contributed by atoms with Crippen molar-refractivity contribution in [2.45, 2.75) is 0 Å². The van der Waals surface area contributed by atoms with Crippen LogP contribution in [0.1, 0.15) is 0 Å². The Morgan fingerprint density at radius 3 is 1.62 bits per heavy atom. The molecule has 0 aliphatic carbocycles. The fraction of sp³-hybridized carbons (Fsp3) is 0. The average molecular weight is 216 g/mol. The summed E-state index contributed by atoms with van der Waals surface area (Å²) in [5.41, 5.74) is 0. The third kappa shape index (κ3) is 15.7. The molecule has 8 heteroatoms. The van der Waals surface area contributed by atoms with Gasteiger partial charge in [0.05, 0.1) is 0 Å². The molecule has 0 saturated carbocycles. The predicted molar refractivity (Wildman–Crippen MR) is 11.5 cm³/mol. The molecule has 5 nitrogen and oxygen atoms in total. The van der Waals surface area contributed by atoms with Gasteiger partial charge in [-0.2, -0.15) is 0 Å². The van der Waals surface area contributed by atoms with Gasteiger partial charge in [-0.3, -0.25) is 0 Å². The monoisotopic (exact) mass is 216 g/mol. The van der Waals surface area contributed by atoms with E-state index in [1.165, 1.54) is 0 Å². The molecule has 0 unspecified atom stereocenters. The van der Waals surface area contributed by atoms with Crippen LogP contribution >= 0.6 is 0 Å². The van der Waals surface area contributed by atoms with Crippen molar-refractivity contribution in [3.8, 4) is 0 Å². The van der Waals surface area contributed by atoms with Crippen molar-refractivity contribution in [3.05, 3.63) is 0 Å². The molecule has 0 aromatic carbocycles. The Kier molecular flexibility index (Phi) is 12.4. The van der Waals surface area contributed by atoms with E-state index in [2.05, 4.69) is 2.76 Å². The van der Waals surface area contributed by atoms with Gasteiger partial charge in [0.15, 0.2) is 0 Å². The van der Waals surface area contributed by atoms with Gasteiger partial charge >= 0.3 is 64.0 Å². The normalized spacial score (nSPS) is 8.50. The number of hydrogen-bond donors (Lipinski definition) is 0. The smallest absolute Gasteiger partial charge is 2.00 e. The third-order valence-corrected chi connectivity index (χ3v) is 1.26. The van der Waals surface area contributed by atoms with Crippen LogP contribution in [0.25, 0.3) is 0 Å². The summed E-state index contributed by atoms with van der Waals surface area (Å²) in [5, 5.41) is 0. The van der Waals surface area contributed by atoms with Gasteiger partial charge in [0.25, 0.3) is 0 Å². The van der Waals surface area contributed by atoms with Crippen LogP contribution in [0.2, 0.25) is 0 Å². The van der Waals surface area contributed by atoms with Gasteiger partial charge in [0.1, 0.15) is 0 Å². The number of rotatable bonds is 1. The molecule has 0 aromatic rings. The minimum atomic E-state index is -4.41. The average Bonchev–Trinajstić information content (AvgIpc) is 1.35.